The van der Waals surface area contributed by atoms with Gasteiger partial charge in [-0.05, 0) is 13.3 Å². The Bertz CT molecular complexity index is 296. The van der Waals surface area contributed by atoms with Crippen LogP contribution < -0.4 is 4.72 Å². The molecule has 1 atom stereocenters. The average Bonchev–Trinajstić information content (AvgIpc) is 2.02. The van der Waals surface area contributed by atoms with Crippen molar-refractivity contribution in [1.29, 1.82) is 0 Å². The van der Waals surface area contributed by atoms with E-state index in [1.807, 2.05) is 0 Å². The molecule has 0 aromatic heterocycles. The molecule has 5 nitrogen and oxygen atoms in total. The summed E-state index contributed by atoms with van der Waals surface area (Å²) in [6.07, 6.45) is 1.45. The van der Waals surface area contributed by atoms with Crippen LogP contribution in [-0.4, -0.2) is 31.3 Å². The molecule has 0 rings (SSSR count). The van der Waals surface area contributed by atoms with Gasteiger partial charge in [0.2, 0.25) is 10.0 Å². The topological polar surface area (TPSA) is 83.5 Å². The Morgan fingerprint density at radius 3 is 2.64 bits per heavy atom. The lowest BCUT2D eigenvalue weighted by Crippen LogP contribution is -2.33. The quantitative estimate of drug-likeness (QED) is 0.607. The fourth-order valence-electron chi connectivity index (χ4n) is 0.804. The summed E-state index contributed by atoms with van der Waals surface area (Å²) in [7, 11) is -3.37. The highest BCUT2D eigenvalue weighted by Crippen LogP contribution is 1.96. The molecule has 14 heavy (non-hydrogen) atoms. The third kappa shape index (κ3) is 6.62. The lowest BCUT2D eigenvalue weighted by Gasteiger charge is -2.09. The van der Waals surface area contributed by atoms with E-state index in [1.54, 1.807) is 6.92 Å². The molecule has 0 saturated carbocycles. The van der Waals surface area contributed by atoms with Gasteiger partial charge in [0.1, 0.15) is 0 Å². The number of carbonyl (C=O) groups is 1. The molecule has 0 heterocycles. The highest BCUT2D eigenvalue weighted by atomic mass is 32.2. The summed E-state index contributed by atoms with van der Waals surface area (Å²) in [5.74, 6) is -1.16. The monoisotopic (exact) mass is 221 g/mol. The van der Waals surface area contributed by atoms with Crippen LogP contribution in [0.15, 0.2) is 12.7 Å². The summed E-state index contributed by atoms with van der Waals surface area (Å²) in [5.41, 5.74) is 0. The van der Waals surface area contributed by atoms with Gasteiger partial charge in [-0.25, -0.2) is 13.1 Å². The minimum absolute atomic E-state index is 0.120. The van der Waals surface area contributed by atoms with Crippen molar-refractivity contribution in [3.05, 3.63) is 12.7 Å². The molecule has 0 aliphatic carbocycles. The summed E-state index contributed by atoms with van der Waals surface area (Å²) < 4.78 is 24.8. The van der Waals surface area contributed by atoms with E-state index in [9.17, 15) is 13.2 Å². The Hall–Kier alpha value is -0.880. The first-order valence-electron chi connectivity index (χ1n) is 4.22. The molecular formula is C8H15NO4S. The molecule has 82 valence electrons. The van der Waals surface area contributed by atoms with Crippen molar-refractivity contribution in [2.75, 3.05) is 5.75 Å². The normalized spacial score (nSPS) is 13.5. The number of nitrogens with one attached hydrogen (secondary N) is 1. The zero-order valence-electron chi connectivity index (χ0n) is 8.06. The van der Waals surface area contributed by atoms with Gasteiger partial charge in [-0.2, -0.15) is 0 Å². The Balaban J connectivity index is 3.96. The van der Waals surface area contributed by atoms with Crippen LogP contribution in [0.1, 0.15) is 19.8 Å². The van der Waals surface area contributed by atoms with Crippen LogP contribution in [0.3, 0.4) is 0 Å². The van der Waals surface area contributed by atoms with E-state index >= 15 is 0 Å². The molecule has 0 spiro atoms. The predicted molar refractivity (Wildman–Crippen MR) is 53.5 cm³/mol. The van der Waals surface area contributed by atoms with Crippen LogP contribution in [0.4, 0.5) is 0 Å². The van der Waals surface area contributed by atoms with Gasteiger partial charge in [0.25, 0.3) is 0 Å². The van der Waals surface area contributed by atoms with Crippen molar-refractivity contribution in [2.45, 2.75) is 25.8 Å². The summed E-state index contributed by atoms with van der Waals surface area (Å²) in [5, 5.41) is 8.31. The Labute approximate surface area is 83.9 Å². The summed E-state index contributed by atoms with van der Waals surface area (Å²) in [6.45, 7) is 5.09. The van der Waals surface area contributed by atoms with E-state index in [0.717, 1.165) is 0 Å². The van der Waals surface area contributed by atoms with Gasteiger partial charge in [-0.15, -0.1) is 6.58 Å². The third-order valence-corrected chi connectivity index (χ3v) is 3.08. The molecule has 0 aliphatic heterocycles. The number of hydrogen-bond acceptors (Lipinski definition) is 3. The molecule has 0 amide bonds. The molecule has 0 bridgehead atoms. The van der Waals surface area contributed by atoms with Crippen LogP contribution in [0.2, 0.25) is 0 Å². The zero-order valence-corrected chi connectivity index (χ0v) is 8.88. The second-order valence-corrected chi connectivity index (χ2v) is 4.83. The van der Waals surface area contributed by atoms with Crippen molar-refractivity contribution in [3.63, 3.8) is 0 Å². The maximum atomic E-state index is 11.2. The fraction of sp³-hybridized carbons (Fsp3) is 0.625. The molecule has 6 heteroatoms. The maximum Gasteiger partial charge on any atom is 0.303 e. The largest absolute Gasteiger partial charge is 0.481 e. The molecule has 2 N–H and O–H groups in total. The Morgan fingerprint density at radius 2 is 2.21 bits per heavy atom. The predicted octanol–water partition coefficient (Wildman–Crippen LogP) is 0.345. The summed E-state index contributed by atoms with van der Waals surface area (Å²) >= 11 is 0. The van der Waals surface area contributed by atoms with Crippen LogP contribution in [0, 0.1) is 0 Å². The molecule has 0 aromatic rings. The highest BCUT2D eigenvalue weighted by molar-refractivity contribution is 7.89. The average molecular weight is 221 g/mol. The maximum absolute atomic E-state index is 11.2. The van der Waals surface area contributed by atoms with Gasteiger partial charge in [0.15, 0.2) is 0 Å². The first-order valence-corrected chi connectivity index (χ1v) is 5.87. The van der Waals surface area contributed by atoms with Crippen LogP contribution in [0.25, 0.3) is 0 Å². The van der Waals surface area contributed by atoms with Crippen molar-refractivity contribution in [2.24, 2.45) is 0 Å². The van der Waals surface area contributed by atoms with Gasteiger partial charge in [-0.1, -0.05) is 6.08 Å². The zero-order chi connectivity index (χ0) is 11.2. The molecule has 0 saturated heterocycles. The van der Waals surface area contributed by atoms with E-state index in [2.05, 4.69) is 11.3 Å². The number of aliphatic carboxylic acids is 1. The van der Waals surface area contributed by atoms with Crippen LogP contribution in [0.5, 0.6) is 0 Å². The van der Waals surface area contributed by atoms with Gasteiger partial charge >= 0.3 is 5.97 Å². The fourth-order valence-corrected chi connectivity index (χ4v) is 2.11. The summed E-state index contributed by atoms with van der Waals surface area (Å²) in [4.78, 5) is 10.1. The second kappa shape index (κ2) is 5.77. The Kier molecular flexibility index (Phi) is 5.40. The number of rotatable bonds is 7. The Morgan fingerprint density at radius 1 is 1.64 bits per heavy atom. The van der Waals surface area contributed by atoms with Crippen molar-refractivity contribution in [1.82, 2.24) is 4.72 Å². The molecule has 0 radical (unpaired) electrons. The van der Waals surface area contributed by atoms with Gasteiger partial charge in [0, 0.05) is 12.5 Å². The minimum atomic E-state index is -3.37. The lowest BCUT2D eigenvalue weighted by molar-refractivity contribution is -0.137. The smallest absolute Gasteiger partial charge is 0.303 e. The van der Waals surface area contributed by atoms with Crippen LogP contribution >= 0.6 is 0 Å². The number of carboxylic acid groups (broad SMARTS) is 1. The van der Waals surface area contributed by atoms with Crippen molar-refractivity contribution in [3.8, 4) is 0 Å². The van der Waals surface area contributed by atoms with Gasteiger partial charge in [0.05, 0.1) is 5.75 Å². The minimum Gasteiger partial charge on any atom is -0.481 e. The number of sulfonamides is 1. The van der Waals surface area contributed by atoms with E-state index in [1.165, 1.54) is 6.08 Å². The highest BCUT2D eigenvalue weighted by Gasteiger charge is 2.12. The summed E-state index contributed by atoms with van der Waals surface area (Å²) in [6, 6.07) is -0.329. The third-order valence-electron chi connectivity index (χ3n) is 1.52. The van der Waals surface area contributed by atoms with Crippen LogP contribution in [-0.2, 0) is 14.8 Å². The molecule has 0 aliphatic rings. The number of hydrogen-bond donors (Lipinski definition) is 2. The van der Waals surface area contributed by atoms with Crippen molar-refractivity contribution < 1.29 is 18.3 Å². The van der Waals surface area contributed by atoms with Gasteiger partial charge in [-0.3, -0.25) is 4.79 Å². The molecular weight excluding hydrogens is 206 g/mol. The van der Waals surface area contributed by atoms with Gasteiger partial charge < -0.3 is 5.11 Å². The molecule has 1 unspecified atom stereocenters. The first-order chi connectivity index (χ1) is 6.37. The van der Waals surface area contributed by atoms with E-state index in [4.69, 9.17) is 5.11 Å². The van der Waals surface area contributed by atoms with Crippen molar-refractivity contribution >= 4 is 16.0 Å². The van der Waals surface area contributed by atoms with E-state index in [-0.39, 0.29) is 24.6 Å². The first kappa shape index (κ1) is 13.1. The standard InChI is InChI=1S/C8H15NO4S/c1-3-7(2)9-14(12,13)6-4-5-8(10)11/h3,7,9H,1,4-6H2,2H3,(H,10,11). The lowest BCUT2D eigenvalue weighted by atomic mass is 10.3. The molecule has 0 fully saturated rings. The van der Waals surface area contributed by atoms with E-state index in [0.29, 0.717) is 0 Å². The second-order valence-electron chi connectivity index (χ2n) is 2.96. The molecule has 0 aromatic carbocycles. The SMILES string of the molecule is C=CC(C)NS(=O)(=O)CCCC(=O)O. The number of carboxylic acids is 1. The van der Waals surface area contributed by atoms with E-state index < -0.39 is 16.0 Å².